The number of furan rings is 1. The lowest BCUT2D eigenvalue weighted by Crippen LogP contribution is -2.45. The molecule has 0 aliphatic heterocycles. The van der Waals surface area contributed by atoms with Gasteiger partial charge < -0.3 is 24.1 Å². The first kappa shape index (κ1) is 22.0. The average Bonchev–Trinajstić information content (AvgIpc) is 3.32. The number of carbonyl (C=O) groups is 2. The zero-order valence-corrected chi connectivity index (χ0v) is 19.0. The number of aromatic nitrogens is 1. The van der Waals surface area contributed by atoms with Crippen LogP contribution in [0.2, 0.25) is 5.02 Å². The van der Waals surface area contributed by atoms with Crippen molar-refractivity contribution >= 4 is 29.2 Å². The second-order valence-corrected chi connectivity index (χ2v) is 8.60. The number of benzene rings is 1. The summed E-state index contributed by atoms with van der Waals surface area (Å²) in [6.45, 7) is 2.67. The van der Waals surface area contributed by atoms with Gasteiger partial charge in [0, 0.05) is 35.7 Å². The van der Waals surface area contributed by atoms with E-state index < -0.39 is 0 Å². The lowest BCUT2D eigenvalue weighted by molar-refractivity contribution is -0.133. The molecule has 1 N–H and O–H groups in total. The number of carbonyl (C=O) groups excluding carboxylic acids is 2. The molecule has 0 atom stereocenters. The summed E-state index contributed by atoms with van der Waals surface area (Å²) >= 11 is 6.19. The lowest BCUT2D eigenvalue weighted by Gasteiger charge is -2.27. The molecule has 0 radical (unpaired) electrons. The molecule has 0 unspecified atom stereocenters. The average molecular weight is 455 g/mol. The second kappa shape index (κ2) is 9.53. The summed E-state index contributed by atoms with van der Waals surface area (Å²) < 4.78 is 7.45. The summed E-state index contributed by atoms with van der Waals surface area (Å²) in [4.78, 5) is 29.7. The number of rotatable bonds is 8. The van der Waals surface area contributed by atoms with Crippen LogP contribution in [0.3, 0.4) is 0 Å². The minimum Gasteiger partial charge on any atom is -0.467 e. The van der Waals surface area contributed by atoms with E-state index in [0.717, 1.165) is 24.1 Å². The quantitative estimate of drug-likeness (QED) is 0.531. The van der Waals surface area contributed by atoms with Crippen LogP contribution in [0.1, 0.15) is 29.9 Å². The number of halogens is 1. The van der Waals surface area contributed by atoms with Crippen molar-refractivity contribution in [2.45, 2.75) is 38.9 Å². The molecule has 1 aliphatic carbocycles. The fraction of sp³-hybridized carbons (Fsp3) is 0.333. The maximum atomic E-state index is 13.3. The maximum Gasteiger partial charge on any atom is 0.322 e. The van der Waals surface area contributed by atoms with E-state index in [1.807, 2.05) is 55.1 Å². The van der Waals surface area contributed by atoms with Gasteiger partial charge >= 0.3 is 6.03 Å². The van der Waals surface area contributed by atoms with Crippen molar-refractivity contribution in [2.24, 2.45) is 7.05 Å². The maximum absolute atomic E-state index is 13.3. The van der Waals surface area contributed by atoms with Crippen molar-refractivity contribution in [1.82, 2.24) is 14.4 Å². The Kier molecular flexibility index (Phi) is 6.55. The number of anilines is 1. The summed E-state index contributed by atoms with van der Waals surface area (Å²) in [6, 6.07) is 12.7. The smallest absolute Gasteiger partial charge is 0.322 e. The second-order valence-electron chi connectivity index (χ2n) is 8.19. The zero-order chi connectivity index (χ0) is 22.7. The van der Waals surface area contributed by atoms with Gasteiger partial charge in [-0.3, -0.25) is 4.79 Å². The van der Waals surface area contributed by atoms with Crippen molar-refractivity contribution in [3.05, 3.63) is 77.0 Å². The molecule has 168 valence electrons. The van der Waals surface area contributed by atoms with Gasteiger partial charge in [-0.15, -0.1) is 0 Å². The molecule has 0 saturated heterocycles. The first-order valence-corrected chi connectivity index (χ1v) is 11.0. The highest BCUT2D eigenvalue weighted by Crippen LogP contribution is 2.28. The van der Waals surface area contributed by atoms with Gasteiger partial charge in [0.15, 0.2) is 0 Å². The normalized spacial score (nSPS) is 13.1. The first-order valence-electron chi connectivity index (χ1n) is 10.6. The Labute approximate surface area is 192 Å². The van der Waals surface area contributed by atoms with Crippen LogP contribution in [-0.2, 0) is 24.9 Å². The van der Waals surface area contributed by atoms with Crippen LogP contribution in [0.4, 0.5) is 10.5 Å². The van der Waals surface area contributed by atoms with Crippen LogP contribution < -0.4 is 5.32 Å². The molecule has 7 nitrogen and oxygen atoms in total. The first-order chi connectivity index (χ1) is 15.4. The SMILES string of the molecule is Cc1ccc(NC(=O)N(CC(=O)N(Cc2ccco2)Cc2cccn2C)C2CC2)cc1Cl. The van der Waals surface area contributed by atoms with Gasteiger partial charge in [-0.2, -0.15) is 0 Å². The van der Waals surface area contributed by atoms with E-state index in [9.17, 15) is 9.59 Å². The standard InChI is InChI=1S/C24H27ClN4O3/c1-17-7-8-18(13-22(17)25)26-24(31)29(19-9-10-19)16-23(30)28(15-21-6-4-12-32-21)14-20-5-3-11-27(20)2/h3-8,11-13,19H,9-10,14-16H2,1-2H3,(H,26,31). The van der Waals surface area contributed by atoms with Crippen LogP contribution in [0.15, 0.2) is 59.3 Å². The van der Waals surface area contributed by atoms with E-state index in [-0.39, 0.29) is 24.5 Å². The van der Waals surface area contributed by atoms with Crippen LogP contribution in [0.5, 0.6) is 0 Å². The number of nitrogens with zero attached hydrogens (tertiary/aromatic N) is 3. The van der Waals surface area contributed by atoms with Crippen molar-refractivity contribution in [3.63, 3.8) is 0 Å². The molecule has 1 aliphatic rings. The number of nitrogens with one attached hydrogen (secondary N) is 1. The topological polar surface area (TPSA) is 70.7 Å². The van der Waals surface area contributed by atoms with E-state index in [1.54, 1.807) is 28.2 Å². The third kappa shape index (κ3) is 5.34. The van der Waals surface area contributed by atoms with Gasteiger partial charge in [-0.05, 0) is 61.7 Å². The minimum absolute atomic E-state index is 0.00122. The largest absolute Gasteiger partial charge is 0.467 e. The number of aryl methyl sites for hydroxylation is 2. The van der Waals surface area contributed by atoms with Crippen LogP contribution in [-0.4, -0.2) is 38.9 Å². The van der Waals surface area contributed by atoms with Gasteiger partial charge in [-0.25, -0.2) is 4.79 Å². The molecule has 3 aromatic rings. The molecule has 0 bridgehead atoms. The third-order valence-corrected chi connectivity index (χ3v) is 6.07. The third-order valence-electron chi connectivity index (χ3n) is 5.66. The highest BCUT2D eigenvalue weighted by molar-refractivity contribution is 6.31. The predicted molar refractivity (Wildman–Crippen MR) is 123 cm³/mol. The van der Waals surface area contributed by atoms with Gasteiger partial charge in [0.2, 0.25) is 5.91 Å². The van der Waals surface area contributed by atoms with Gasteiger partial charge in [0.1, 0.15) is 12.3 Å². The van der Waals surface area contributed by atoms with Crippen LogP contribution in [0.25, 0.3) is 0 Å². The molecule has 0 spiro atoms. The zero-order valence-electron chi connectivity index (χ0n) is 18.3. The highest BCUT2D eigenvalue weighted by atomic mass is 35.5. The fourth-order valence-electron chi connectivity index (χ4n) is 3.54. The highest BCUT2D eigenvalue weighted by Gasteiger charge is 2.35. The van der Waals surface area contributed by atoms with Gasteiger partial charge in [0.25, 0.3) is 0 Å². The molecule has 2 heterocycles. The summed E-state index contributed by atoms with van der Waals surface area (Å²) in [5.74, 6) is 0.566. The minimum atomic E-state index is -0.294. The van der Waals surface area contributed by atoms with Crippen molar-refractivity contribution in [3.8, 4) is 0 Å². The number of hydrogen-bond acceptors (Lipinski definition) is 3. The Morgan fingerprint density at radius 1 is 1.19 bits per heavy atom. The van der Waals surface area contributed by atoms with Crippen LogP contribution >= 0.6 is 11.6 Å². The number of hydrogen-bond donors (Lipinski definition) is 1. The van der Waals surface area contributed by atoms with Gasteiger partial charge in [-0.1, -0.05) is 17.7 Å². The lowest BCUT2D eigenvalue weighted by atomic mass is 10.2. The number of urea groups is 1. The molecular weight excluding hydrogens is 428 g/mol. The molecule has 3 amide bonds. The van der Waals surface area contributed by atoms with Crippen molar-refractivity contribution in [2.75, 3.05) is 11.9 Å². The van der Waals surface area contributed by atoms with E-state index in [0.29, 0.717) is 29.6 Å². The predicted octanol–water partition coefficient (Wildman–Crippen LogP) is 4.81. The van der Waals surface area contributed by atoms with Gasteiger partial charge in [0.05, 0.1) is 19.4 Å². The Hall–Kier alpha value is -3.19. The van der Waals surface area contributed by atoms with E-state index in [2.05, 4.69) is 5.32 Å². The van der Waals surface area contributed by atoms with Crippen LogP contribution in [0, 0.1) is 6.92 Å². The fourth-order valence-corrected chi connectivity index (χ4v) is 3.72. The van der Waals surface area contributed by atoms with E-state index in [4.69, 9.17) is 16.0 Å². The Morgan fingerprint density at radius 2 is 2.00 bits per heavy atom. The van der Waals surface area contributed by atoms with E-state index in [1.165, 1.54) is 0 Å². The Morgan fingerprint density at radius 3 is 2.62 bits per heavy atom. The Bertz CT molecular complexity index is 1090. The molecule has 2 aromatic heterocycles. The Balaban J connectivity index is 1.48. The van der Waals surface area contributed by atoms with Crippen molar-refractivity contribution in [1.29, 1.82) is 0 Å². The molecule has 1 aromatic carbocycles. The summed E-state index contributed by atoms with van der Waals surface area (Å²) in [6.07, 6.45) is 5.33. The molecule has 4 rings (SSSR count). The molecular formula is C24H27ClN4O3. The summed E-state index contributed by atoms with van der Waals surface area (Å²) in [7, 11) is 1.95. The van der Waals surface area contributed by atoms with Crippen molar-refractivity contribution < 1.29 is 14.0 Å². The monoisotopic (exact) mass is 454 g/mol. The summed E-state index contributed by atoms with van der Waals surface area (Å²) in [5, 5.41) is 3.47. The molecule has 8 heteroatoms. The number of amides is 3. The van der Waals surface area contributed by atoms with E-state index >= 15 is 0 Å². The molecule has 1 fully saturated rings. The molecule has 32 heavy (non-hydrogen) atoms. The summed E-state index contributed by atoms with van der Waals surface area (Å²) in [5.41, 5.74) is 2.55. The molecule has 1 saturated carbocycles.